The molecule has 0 radical (unpaired) electrons. The van der Waals surface area contributed by atoms with Gasteiger partial charge in [-0.1, -0.05) is 23.7 Å². The van der Waals surface area contributed by atoms with Crippen LogP contribution in [0.3, 0.4) is 0 Å². The molecule has 150 valence electrons. The lowest BCUT2D eigenvalue weighted by atomic mass is 9.73. The number of pyridine rings is 1. The van der Waals surface area contributed by atoms with Gasteiger partial charge in [0, 0.05) is 30.8 Å². The van der Waals surface area contributed by atoms with E-state index in [0.717, 1.165) is 12.1 Å². The fourth-order valence-corrected chi connectivity index (χ4v) is 3.38. The molecule has 3 rings (SSSR count). The Labute approximate surface area is 170 Å². The van der Waals surface area contributed by atoms with E-state index in [1.165, 1.54) is 0 Å². The standard InChI is InChI=1S/C21H26ClN3O3/c1-25(2)11-14-28-19-8-7-18(15-23-19)24-20(26)21(9-12-27-13-10-21)16-3-5-17(22)6-4-16/h3-8,15H,9-14H2,1-2H3,(H,24,26). The number of nitrogens with zero attached hydrogens (tertiary/aromatic N) is 2. The summed E-state index contributed by atoms with van der Waals surface area (Å²) in [5.41, 5.74) is 0.961. The minimum absolute atomic E-state index is 0.0544. The summed E-state index contributed by atoms with van der Waals surface area (Å²) >= 11 is 6.03. The number of anilines is 1. The number of aromatic nitrogens is 1. The second-order valence-corrected chi connectivity index (χ2v) is 7.63. The average molecular weight is 404 g/mol. The smallest absolute Gasteiger partial charge is 0.235 e. The summed E-state index contributed by atoms with van der Waals surface area (Å²) < 4.78 is 11.1. The second-order valence-electron chi connectivity index (χ2n) is 7.19. The predicted molar refractivity (Wildman–Crippen MR) is 110 cm³/mol. The van der Waals surface area contributed by atoms with Gasteiger partial charge < -0.3 is 19.7 Å². The highest BCUT2D eigenvalue weighted by molar-refractivity contribution is 6.30. The van der Waals surface area contributed by atoms with E-state index >= 15 is 0 Å². The van der Waals surface area contributed by atoms with Crippen molar-refractivity contribution in [3.05, 3.63) is 53.2 Å². The molecule has 0 bridgehead atoms. The van der Waals surface area contributed by atoms with E-state index in [1.807, 2.05) is 49.3 Å². The van der Waals surface area contributed by atoms with E-state index in [4.69, 9.17) is 21.1 Å². The average Bonchev–Trinajstić information content (AvgIpc) is 2.70. The topological polar surface area (TPSA) is 63.7 Å². The van der Waals surface area contributed by atoms with Crippen molar-refractivity contribution in [2.24, 2.45) is 0 Å². The van der Waals surface area contributed by atoms with Gasteiger partial charge in [-0.25, -0.2) is 4.98 Å². The van der Waals surface area contributed by atoms with Crippen molar-refractivity contribution in [3.8, 4) is 5.88 Å². The quantitative estimate of drug-likeness (QED) is 0.768. The summed E-state index contributed by atoms with van der Waals surface area (Å²) in [6.45, 7) is 2.47. The molecule has 28 heavy (non-hydrogen) atoms. The van der Waals surface area contributed by atoms with E-state index in [9.17, 15) is 4.79 Å². The zero-order chi connectivity index (χ0) is 20.0. The lowest BCUT2D eigenvalue weighted by Gasteiger charge is -2.36. The molecular formula is C21H26ClN3O3. The van der Waals surface area contributed by atoms with Crippen molar-refractivity contribution in [2.75, 3.05) is 45.8 Å². The number of carbonyl (C=O) groups is 1. The van der Waals surface area contributed by atoms with Crippen LogP contribution in [-0.2, 0) is 14.9 Å². The Morgan fingerprint density at radius 1 is 1.21 bits per heavy atom. The molecule has 1 amide bonds. The highest BCUT2D eigenvalue weighted by Gasteiger charge is 2.41. The van der Waals surface area contributed by atoms with Crippen LogP contribution in [0.15, 0.2) is 42.6 Å². The Morgan fingerprint density at radius 3 is 2.54 bits per heavy atom. The molecule has 0 spiro atoms. The summed E-state index contributed by atoms with van der Waals surface area (Å²) in [4.78, 5) is 19.6. The van der Waals surface area contributed by atoms with Crippen molar-refractivity contribution < 1.29 is 14.3 Å². The number of benzene rings is 1. The van der Waals surface area contributed by atoms with Crippen LogP contribution >= 0.6 is 11.6 Å². The van der Waals surface area contributed by atoms with E-state index in [2.05, 4.69) is 10.3 Å². The molecule has 1 aromatic carbocycles. The number of nitrogens with one attached hydrogen (secondary N) is 1. The third kappa shape index (κ3) is 5.01. The van der Waals surface area contributed by atoms with Crippen molar-refractivity contribution in [2.45, 2.75) is 18.3 Å². The van der Waals surface area contributed by atoms with Gasteiger partial charge in [0.25, 0.3) is 0 Å². The molecular weight excluding hydrogens is 378 g/mol. The van der Waals surface area contributed by atoms with Gasteiger partial charge in [0.05, 0.1) is 17.3 Å². The Hall–Kier alpha value is -2.15. The van der Waals surface area contributed by atoms with Crippen LogP contribution < -0.4 is 10.1 Å². The van der Waals surface area contributed by atoms with Gasteiger partial charge in [0.15, 0.2) is 0 Å². The molecule has 0 atom stereocenters. The molecule has 7 heteroatoms. The SMILES string of the molecule is CN(C)CCOc1ccc(NC(=O)C2(c3ccc(Cl)cc3)CCOCC2)cn1. The Kier molecular flexibility index (Phi) is 6.88. The Bertz CT molecular complexity index is 772. The Balaban J connectivity index is 1.71. The largest absolute Gasteiger partial charge is 0.476 e. The number of rotatable bonds is 7. The van der Waals surface area contributed by atoms with E-state index in [1.54, 1.807) is 12.3 Å². The maximum atomic E-state index is 13.2. The van der Waals surface area contributed by atoms with E-state index in [-0.39, 0.29) is 5.91 Å². The van der Waals surface area contributed by atoms with Gasteiger partial charge >= 0.3 is 0 Å². The first-order chi connectivity index (χ1) is 13.5. The van der Waals surface area contributed by atoms with E-state index < -0.39 is 5.41 Å². The minimum atomic E-state index is -0.635. The predicted octanol–water partition coefficient (Wildman–Crippen LogP) is 3.36. The van der Waals surface area contributed by atoms with Crippen LogP contribution in [0.1, 0.15) is 18.4 Å². The molecule has 0 unspecified atom stereocenters. The van der Waals surface area contributed by atoms with E-state index in [0.29, 0.717) is 49.3 Å². The van der Waals surface area contributed by atoms with Gasteiger partial charge in [-0.05, 0) is 50.7 Å². The van der Waals surface area contributed by atoms with Gasteiger partial charge in [-0.15, -0.1) is 0 Å². The number of halogens is 1. The molecule has 1 aromatic heterocycles. The number of ether oxygens (including phenoxy) is 2. The fourth-order valence-electron chi connectivity index (χ4n) is 3.26. The molecule has 1 aliphatic heterocycles. The first kappa shape index (κ1) is 20.6. The number of hydrogen-bond donors (Lipinski definition) is 1. The lowest BCUT2D eigenvalue weighted by molar-refractivity contribution is -0.125. The fraction of sp³-hybridized carbons (Fsp3) is 0.429. The molecule has 6 nitrogen and oxygen atoms in total. The third-order valence-corrected chi connectivity index (χ3v) is 5.21. The van der Waals surface area contributed by atoms with Crippen LogP contribution in [0.2, 0.25) is 5.02 Å². The lowest BCUT2D eigenvalue weighted by Crippen LogP contribution is -2.44. The molecule has 1 N–H and O–H groups in total. The van der Waals surface area contributed by atoms with Crippen molar-refractivity contribution in [1.29, 1.82) is 0 Å². The summed E-state index contributed by atoms with van der Waals surface area (Å²) in [5.74, 6) is 0.486. The van der Waals surface area contributed by atoms with Gasteiger partial charge in [0.1, 0.15) is 6.61 Å². The van der Waals surface area contributed by atoms with Crippen LogP contribution in [0, 0.1) is 0 Å². The number of amides is 1. The number of likely N-dealkylation sites (N-methyl/N-ethyl adjacent to an activating group) is 1. The summed E-state index contributed by atoms with van der Waals surface area (Å²) in [6, 6.07) is 11.1. The van der Waals surface area contributed by atoms with Gasteiger partial charge in [0.2, 0.25) is 11.8 Å². The number of hydrogen-bond acceptors (Lipinski definition) is 5. The normalized spacial score (nSPS) is 16.0. The highest BCUT2D eigenvalue weighted by Crippen LogP contribution is 2.36. The second kappa shape index (κ2) is 9.37. The van der Waals surface area contributed by atoms with Crippen LogP contribution in [0.4, 0.5) is 5.69 Å². The number of carbonyl (C=O) groups excluding carboxylic acids is 1. The molecule has 1 aliphatic rings. The molecule has 1 saturated heterocycles. The minimum Gasteiger partial charge on any atom is -0.476 e. The molecule has 2 heterocycles. The zero-order valence-electron chi connectivity index (χ0n) is 16.3. The molecule has 1 fully saturated rings. The van der Waals surface area contributed by atoms with Crippen molar-refractivity contribution in [1.82, 2.24) is 9.88 Å². The molecule has 0 aliphatic carbocycles. The van der Waals surface area contributed by atoms with Gasteiger partial charge in [-0.2, -0.15) is 0 Å². The van der Waals surface area contributed by atoms with Crippen molar-refractivity contribution in [3.63, 3.8) is 0 Å². The Morgan fingerprint density at radius 2 is 1.93 bits per heavy atom. The van der Waals surface area contributed by atoms with Crippen molar-refractivity contribution >= 4 is 23.2 Å². The summed E-state index contributed by atoms with van der Waals surface area (Å²) in [6.07, 6.45) is 2.87. The highest BCUT2D eigenvalue weighted by atomic mass is 35.5. The van der Waals surface area contributed by atoms with Gasteiger partial charge in [-0.3, -0.25) is 4.79 Å². The van der Waals surface area contributed by atoms with Crippen LogP contribution in [0.5, 0.6) is 5.88 Å². The summed E-state index contributed by atoms with van der Waals surface area (Å²) in [7, 11) is 3.98. The molecule has 2 aromatic rings. The maximum absolute atomic E-state index is 13.2. The maximum Gasteiger partial charge on any atom is 0.235 e. The van der Waals surface area contributed by atoms with Crippen LogP contribution in [0.25, 0.3) is 0 Å². The third-order valence-electron chi connectivity index (χ3n) is 4.96. The first-order valence-corrected chi connectivity index (χ1v) is 9.76. The monoisotopic (exact) mass is 403 g/mol. The zero-order valence-corrected chi connectivity index (χ0v) is 17.0. The molecule has 0 saturated carbocycles. The summed E-state index contributed by atoms with van der Waals surface area (Å²) in [5, 5.41) is 3.67. The first-order valence-electron chi connectivity index (χ1n) is 9.38. The van der Waals surface area contributed by atoms with Crippen LogP contribution in [-0.4, -0.2) is 56.3 Å².